The zero-order valence-corrected chi connectivity index (χ0v) is 10.1. The van der Waals surface area contributed by atoms with Gasteiger partial charge in [-0.05, 0) is 23.8 Å². The molecule has 2 heterocycles. The second kappa shape index (κ2) is 3.35. The van der Waals surface area contributed by atoms with E-state index < -0.39 is 0 Å². The third kappa shape index (κ3) is 1.16. The summed E-state index contributed by atoms with van der Waals surface area (Å²) in [5, 5.41) is 5.89. The van der Waals surface area contributed by atoms with E-state index in [-0.39, 0.29) is 0 Å². The molecule has 0 aliphatic carbocycles. The zero-order chi connectivity index (χ0) is 12.1. The Morgan fingerprint density at radius 1 is 1.17 bits per heavy atom. The van der Waals surface area contributed by atoms with Gasteiger partial charge in [-0.2, -0.15) is 5.10 Å². The van der Waals surface area contributed by atoms with Crippen LogP contribution in [0.5, 0.6) is 5.75 Å². The van der Waals surface area contributed by atoms with Crippen molar-refractivity contribution in [2.75, 3.05) is 7.11 Å². The molecule has 0 spiro atoms. The van der Waals surface area contributed by atoms with Crippen molar-refractivity contribution in [1.29, 1.82) is 0 Å². The third-order valence-corrected chi connectivity index (χ3v) is 3.56. The largest absolute Gasteiger partial charge is 0.497 e. The van der Waals surface area contributed by atoms with Gasteiger partial charge in [0.25, 0.3) is 0 Å². The first-order valence-electron chi connectivity index (χ1n) is 6.01. The minimum Gasteiger partial charge on any atom is -0.497 e. The maximum Gasteiger partial charge on any atom is 0.121 e. The Morgan fingerprint density at radius 3 is 2.94 bits per heavy atom. The molecule has 0 unspecified atom stereocenters. The zero-order valence-electron chi connectivity index (χ0n) is 10.1. The van der Waals surface area contributed by atoms with E-state index in [1.165, 1.54) is 22.3 Å². The summed E-state index contributed by atoms with van der Waals surface area (Å²) in [6.45, 7) is 0. The highest BCUT2D eigenvalue weighted by molar-refractivity contribution is 5.85. The summed E-state index contributed by atoms with van der Waals surface area (Å²) in [6.07, 6.45) is 0.957. The normalized spacial score (nSPS) is 12.5. The monoisotopic (exact) mass is 236 g/mol. The fourth-order valence-corrected chi connectivity index (χ4v) is 2.66. The van der Waals surface area contributed by atoms with E-state index >= 15 is 0 Å². The highest BCUT2D eigenvalue weighted by Gasteiger charge is 2.22. The lowest BCUT2D eigenvalue weighted by molar-refractivity contribution is 0.415. The van der Waals surface area contributed by atoms with Crippen LogP contribution in [0.4, 0.5) is 0 Å². The van der Waals surface area contributed by atoms with Crippen LogP contribution in [-0.4, -0.2) is 16.9 Å². The summed E-state index contributed by atoms with van der Waals surface area (Å²) in [5.41, 5.74) is 4.81. The Balaban J connectivity index is 2.01. The molecule has 1 aliphatic heterocycles. The third-order valence-electron chi connectivity index (χ3n) is 3.56. The molecule has 1 aromatic heterocycles. The van der Waals surface area contributed by atoms with Crippen LogP contribution in [0.1, 0.15) is 11.3 Å². The Hall–Kier alpha value is -2.29. The van der Waals surface area contributed by atoms with Crippen LogP contribution in [0.2, 0.25) is 0 Å². The topological polar surface area (TPSA) is 27.1 Å². The molecule has 0 amide bonds. The Bertz CT molecular complexity index is 758. The van der Waals surface area contributed by atoms with Gasteiger partial charge in [-0.3, -0.25) is 0 Å². The molecule has 3 heteroatoms. The number of hydrogen-bond acceptors (Lipinski definition) is 2. The van der Waals surface area contributed by atoms with Crippen molar-refractivity contribution in [2.45, 2.75) is 6.42 Å². The van der Waals surface area contributed by atoms with E-state index in [4.69, 9.17) is 4.74 Å². The average molecular weight is 236 g/mol. The van der Waals surface area contributed by atoms with Crippen LogP contribution in [0, 0.1) is 0 Å². The van der Waals surface area contributed by atoms with Crippen LogP contribution in [0.25, 0.3) is 16.6 Å². The highest BCUT2D eigenvalue weighted by Crippen LogP contribution is 2.33. The van der Waals surface area contributed by atoms with E-state index in [1.54, 1.807) is 7.11 Å². The van der Waals surface area contributed by atoms with Gasteiger partial charge in [0.15, 0.2) is 0 Å². The molecular formula is C15H12N2O. The summed E-state index contributed by atoms with van der Waals surface area (Å²) >= 11 is 0. The molecule has 3 aromatic rings. The first-order valence-corrected chi connectivity index (χ1v) is 6.01. The van der Waals surface area contributed by atoms with Gasteiger partial charge in [-0.25, -0.2) is 4.68 Å². The number of nitrogens with zero attached hydrogens (tertiary/aromatic N) is 2. The van der Waals surface area contributed by atoms with Gasteiger partial charge in [0.05, 0.1) is 24.0 Å². The van der Waals surface area contributed by atoms with E-state index in [9.17, 15) is 0 Å². The van der Waals surface area contributed by atoms with Gasteiger partial charge >= 0.3 is 0 Å². The minimum absolute atomic E-state index is 0.854. The second-order valence-electron chi connectivity index (χ2n) is 4.55. The van der Waals surface area contributed by atoms with Crippen molar-refractivity contribution < 1.29 is 4.74 Å². The second-order valence-corrected chi connectivity index (χ2v) is 4.55. The maximum atomic E-state index is 5.24. The Kier molecular flexibility index (Phi) is 1.81. The molecule has 0 saturated carbocycles. The molecule has 2 aromatic carbocycles. The lowest BCUT2D eigenvalue weighted by Crippen LogP contribution is -1.93. The van der Waals surface area contributed by atoms with Gasteiger partial charge in [0.1, 0.15) is 5.75 Å². The molecule has 0 bridgehead atoms. The summed E-state index contributed by atoms with van der Waals surface area (Å²) in [4.78, 5) is 0. The van der Waals surface area contributed by atoms with Crippen molar-refractivity contribution in [3.63, 3.8) is 0 Å². The summed E-state index contributed by atoms with van der Waals surface area (Å²) in [7, 11) is 1.68. The van der Waals surface area contributed by atoms with Crippen molar-refractivity contribution in [2.24, 2.45) is 0 Å². The lowest BCUT2D eigenvalue weighted by Gasteiger charge is -1.99. The number of hydrogen-bond donors (Lipinski definition) is 0. The van der Waals surface area contributed by atoms with E-state index in [0.29, 0.717) is 0 Å². The van der Waals surface area contributed by atoms with Crippen LogP contribution < -0.4 is 4.74 Å². The molecule has 0 radical (unpaired) electrons. The summed E-state index contributed by atoms with van der Waals surface area (Å²) in [6, 6.07) is 14.5. The van der Waals surface area contributed by atoms with E-state index in [1.807, 2.05) is 12.1 Å². The Labute approximate surface area is 105 Å². The predicted octanol–water partition coefficient (Wildman–Crippen LogP) is 2.94. The van der Waals surface area contributed by atoms with Crippen molar-refractivity contribution in [3.8, 4) is 11.4 Å². The van der Waals surface area contributed by atoms with Gasteiger partial charge < -0.3 is 4.74 Å². The smallest absolute Gasteiger partial charge is 0.121 e. The van der Waals surface area contributed by atoms with E-state index in [0.717, 1.165) is 17.7 Å². The van der Waals surface area contributed by atoms with E-state index in [2.05, 4.69) is 40.1 Å². The molecule has 1 aliphatic rings. The first-order chi connectivity index (χ1) is 8.86. The molecule has 0 fully saturated rings. The molecule has 3 nitrogen and oxygen atoms in total. The maximum absolute atomic E-state index is 5.24. The number of ether oxygens (including phenoxy) is 1. The average Bonchev–Trinajstić information content (AvgIpc) is 2.93. The fourth-order valence-electron chi connectivity index (χ4n) is 2.66. The van der Waals surface area contributed by atoms with Gasteiger partial charge in [-0.1, -0.05) is 18.2 Å². The minimum atomic E-state index is 0.854. The molecule has 0 atom stereocenters. The number of aromatic nitrogens is 2. The Morgan fingerprint density at radius 2 is 2.06 bits per heavy atom. The predicted molar refractivity (Wildman–Crippen MR) is 70.4 cm³/mol. The molecule has 18 heavy (non-hydrogen) atoms. The number of benzene rings is 2. The van der Waals surface area contributed by atoms with Crippen LogP contribution >= 0.6 is 0 Å². The quantitative estimate of drug-likeness (QED) is 0.508. The van der Waals surface area contributed by atoms with Crippen molar-refractivity contribution >= 4 is 10.9 Å². The number of fused-ring (bicyclic) bond motifs is 5. The number of rotatable bonds is 1. The molecule has 88 valence electrons. The van der Waals surface area contributed by atoms with Crippen molar-refractivity contribution in [3.05, 3.63) is 53.7 Å². The SMILES string of the molecule is COc1ccc2c3n(nc2c1)-c1ccccc1C3. The first kappa shape index (κ1) is 9.71. The van der Waals surface area contributed by atoms with Crippen LogP contribution in [0.3, 0.4) is 0 Å². The van der Waals surface area contributed by atoms with Gasteiger partial charge in [-0.15, -0.1) is 0 Å². The lowest BCUT2D eigenvalue weighted by atomic mass is 10.1. The van der Waals surface area contributed by atoms with Gasteiger partial charge in [0, 0.05) is 17.9 Å². The molecular weight excluding hydrogens is 224 g/mol. The standard InChI is InChI=1S/C15H12N2O/c1-18-11-6-7-12-13(9-11)16-17-14-5-3-2-4-10(14)8-15(12)17/h2-7,9H,8H2,1H3. The fraction of sp³-hybridized carbons (Fsp3) is 0.133. The molecule has 0 saturated heterocycles. The summed E-state index contributed by atoms with van der Waals surface area (Å²) in [5.74, 6) is 0.854. The van der Waals surface area contributed by atoms with Crippen LogP contribution in [-0.2, 0) is 6.42 Å². The molecule has 4 rings (SSSR count). The van der Waals surface area contributed by atoms with Gasteiger partial charge in [0.2, 0.25) is 0 Å². The van der Waals surface area contributed by atoms with Crippen molar-refractivity contribution in [1.82, 2.24) is 9.78 Å². The molecule has 0 N–H and O–H groups in total. The number of para-hydroxylation sites is 1. The number of methoxy groups -OCH3 is 1. The highest BCUT2D eigenvalue weighted by atomic mass is 16.5. The van der Waals surface area contributed by atoms with Crippen LogP contribution in [0.15, 0.2) is 42.5 Å². The summed E-state index contributed by atoms with van der Waals surface area (Å²) < 4.78 is 7.30.